The van der Waals surface area contributed by atoms with Crippen molar-refractivity contribution in [3.63, 3.8) is 0 Å². The van der Waals surface area contributed by atoms with Crippen molar-refractivity contribution < 1.29 is 9.90 Å². The normalized spacial score (nSPS) is 15.5. The fourth-order valence-corrected chi connectivity index (χ4v) is 1.22. The first-order chi connectivity index (χ1) is 5.97. The van der Waals surface area contributed by atoms with Gasteiger partial charge in [0.25, 0.3) is 0 Å². The molecule has 0 bridgehead atoms. The summed E-state index contributed by atoms with van der Waals surface area (Å²) in [7, 11) is 1.85. The van der Waals surface area contributed by atoms with E-state index in [0.717, 1.165) is 0 Å². The Morgan fingerprint density at radius 1 is 1.54 bits per heavy atom. The third-order valence-corrected chi connectivity index (χ3v) is 1.75. The van der Waals surface area contributed by atoms with Gasteiger partial charge in [0.15, 0.2) is 0 Å². The minimum atomic E-state index is -0.377. The molecular weight excluding hydrogens is 170 g/mol. The van der Waals surface area contributed by atoms with Crippen LogP contribution < -0.4 is 11.3 Å². The molecule has 0 aliphatic heterocycles. The Labute approximate surface area is 78.9 Å². The molecule has 0 radical (unpaired) electrons. The van der Waals surface area contributed by atoms with Crippen LogP contribution in [0.5, 0.6) is 0 Å². The Hall–Kier alpha value is -0.650. The zero-order valence-electron chi connectivity index (χ0n) is 8.45. The number of carbonyl (C=O) groups excluding carboxylic acids is 1. The molecule has 0 spiro atoms. The molecule has 78 valence electrons. The van der Waals surface area contributed by atoms with Crippen LogP contribution in [0.1, 0.15) is 13.8 Å². The van der Waals surface area contributed by atoms with Crippen molar-refractivity contribution in [2.75, 3.05) is 20.1 Å². The van der Waals surface area contributed by atoms with E-state index in [2.05, 4.69) is 5.43 Å². The van der Waals surface area contributed by atoms with Crippen molar-refractivity contribution in [2.24, 2.45) is 11.8 Å². The lowest BCUT2D eigenvalue weighted by Gasteiger charge is -2.21. The highest BCUT2D eigenvalue weighted by atomic mass is 16.3. The summed E-state index contributed by atoms with van der Waals surface area (Å²) in [6.45, 7) is 4.65. The van der Waals surface area contributed by atoms with E-state index in [4.69, 9.17) is 10.9 Å². The maximum Gasteiger partial charge on any atom is 0.237 e. The number of nitrogens with two attached hydrogens (primary N) is 1. The first-order valence-electron chi connectivity index (χ1n) is 4.34. The molecule has 0 saturated carbocycles. The number of likely N-dealkylation sites (N-methyl/N-ethyl adjacent to an activating group) is 1. The molecule has 0 saturated heterocycles. The van der Waals surface area contributed by atoms with Gasteiger partial charge in [0.05, 0.1) is 6.10 Å². The van der Waals surface area contributed by atoms with Crippen LogP contribution in [-0.4, -0.2) is 42.2 Å². The smallest absolute Gasteiger partial charge is 0.237 e. The molecule has 1 amide bonds. The molecule has 0 aromatic rings. The van der Waals surface area contributed by atoms with Crippen LogP contribution in [0, 0.1) is 5.92 Å². The van der Waals surface area contributed by atoms with E-state index in [1.165, 1.54) is 0 Å². The summed E-state index contributed by atoms with van der Waals surface area (Å²) < 4.78 is 0. The van der Waals surface area contributed by atoms with Crippen LogP contribution in [-0.2, 0) is 4.79 Å². The Morgan fingerprint density at radius 3 is 2.46 bits per heavy atom. The average Bonchev–Trinajstić information content (AvgIpc) is 2.01. The molecule has 2 unspecified atom stereocenters. The fraction of sp³-hybridized carbons (Fsp3) is 0.875. The second-order valence-electron chi connectivity index (χ2n) is 3.48. The average molecular weight is 189 g/mol. The third kappa shape index (κ3) is 5.57. The highest BCUT2D eigenvalue weighted by molar-refractivity contribution is 5.77. The summed E-state index contributed by atoms with van der Waals surface area (Å²) >= 11 is 0. The number of hydrogen-bond acceptors (Lipinski definition) is 4. The zero-order chi connectivity index (χ0) is 10.4. The molecule has 5 nitrogen and oxygen atoms in total. The van der Waals surface area contributed by atoms with Crippen molar-refractivity contribution in [3.8, 4) is 0 Å². The van der Waals surface area contributed by atoms with Gasteiger partial charge in [-0.1, -0.05) is 6.92 Å². The molecule has 0 aromatic heterocycles. The largest absolute Gasteiger partial charge is 0.392 e. The first kappa shape index (κ1) is 12.3. The molecule has 0 aliphatic carbocycles. The maximum atomic E-state index is 11.0. The van der Waals surface area contributed by atoms with Crippen molar-refractivity contribution in [2.45, 2.75) is 20.0 Å². The quantitative estimate of drug-likeness (QED) is 0.292. The summed E-state index contributed by atoms with van der Waals surface area (Å²) in [6, 6.07) is 0. The molecule has 0 heterocycles. The third-order valence-electron chi connectivity index (χ3n) is 1.75. The number of amides is 1. The SMILES string of the molecule is CC(O)CN(C)CC(C)C(=O)NN. The number of aliphatic hydroxyl groups excluding tert-OH is 1. The van der Waals surface area contributed by atoms with Crippen LogP contribution in [0.3, 0.4) is 0 Å². The number of nitrogens with zero attached hydrogens (tertiary/aromatic N) is 1. The van der Waals surface area contributed by atoms with Gasteiger partial charge in [0.2, 0.25) is 5.91 Å². The summed E-state index contributed by atoms with van der Waals surface area (Å²) in [6.07, 6.45) is -0.377. The highest BCUT2D eigenvalue weighted by Gasteiger charge is 2.14. The minimum absolute atomic E-state index is 0.159. The van der Waals surface area contributed by atoms with E-state index in [-0.39, 0.29) is 17.9 Å². The van der Waals surface area contributed by atoms with Crippen LogP contribution in [0.2, 0.25) is 0 Å². The number of carbonyl (C=O) groups is 1. The Kier molecular flexibility index (Phi) is 5.61. The predicted molar refractivity (Wildman–Crippen MR) is 50.7 cm³/mol. The molecule has 4 N–H and O–H groups in total. The molecule has 5 heteroatoms. The Bertz CT molecular complexity index is 161. The monoisotopic (exact) mass is 189 g/mol. The van der Waals surface area contributed by atoms with E-state index < -0.39 is 0 Å². The number of aliphatic hydroxyl groups is 1. The number of nitrogens with one attached hydrogen (secondary N) is 1. The number of rotatable bonds is 5. The summed E-state index contributed by atoms with van der Waals surface area (Å²) in [5.74, 6) is 4.64. The van der Waals surface area contributed by atoms with Crippen LogP contribution in [0.25, 0.3) is 0 Å². The van der Waals surface area contributed by atoms with Crippen LogP contribution in [0.4, 0.5) is 0 Å². The van der Waals surface area contributed by atoms with Crippen molar-refractivity contribution in [1.82, 2.24) is 10.3 Å². The minimum Gasteiger partial charge on any atom is -0.392 e. The van der Waals surface area contributed by atoms with Crippen LogP contribution >= 0.6 is 0 Å². The van der Waals surface area contributed by atoms with Gasteiger partial charge < -0.3 is 10.0 Å². The van der Waals surface area contributed by atoms with Crippen molar-refractivity contribution in [3.05, 3.63) is 0 Å². The van der Waals surface area contributed by atoms with E-state index in [9.17, 15) is 4.79 Å². The van der Waals surface area contributed by atoms with E-state index in [1.54, 1.807) is 13.8 Å². The lowest BCUT2D eigenvalue weighted by Crippen LogP contribution is -2.40. The molecular formula is C8H19N3O2. The van der Waals surface area contributed by atoms with Crippen molar-refractivity contribution in [1.29, 1.82) is 0 Å². The fourth-order valence-electron chi connectivity index (χ4n) is 1.22. The maximum absolute atomic E-state index is 11.0. The summed E-state index contributed by atoms with van der Waals surface area (Å²) in [4.78, 5) is 12.9. The van der Waals surface area contributed by atoms with Crippen molar-refractivity contribution >= 4 is 5.91 Å². The van der Waals surface area contributed by atoms with E-state index in [0.29, 0.717) is 13.1 Å². The predicted octanol–water partition coefficient (Wildman–Crippen LogP) is -1.07. The highest BCUT2D eigenvalue weighted by Crippen LogP contribution is 1.98. The molecule has 2 atom stereocenters. The number of hydrazine groups is 1. The van der Waals surface area contributed by atoms with Gasteiger partial charge in [-0.15, -0.1) is 0 Å². The summed E-state index contributed by atoms with van der Waals surface area (Å²) in [5.41, 5.74) is 2.10. The lowest BCUT2D eigenvalue weighted by atomic mass is 10.1. The van der Waals surface area contributed by atoms with Crippen LogP contribution in [0.15, 0.2) is 0 Å². The standard InChI is InChI=1S/C8H19N3O2/c1-6(8(13)10-9)4-11(3)5-7(2)12/h6-7,12H,4-5,9H2,1-3H3,(H,10,13). The second kappa shape index (κ2) is 5.90. The molecule has 13 heavy (non-hydrogen) atoms. The van der Waals surface area contributed by atoms with E-state index in [1.807, 2.05) is 11.9 Å². The molecule has 0 aliphatic rings. The summed E-state index contributed by atoms with van der Waals surface area (Å²) in [5, 5.41) is 9.06. The van der Waals surface area contributed by atoms with Gasteiger partial charge in [-0.05, 0) is 14.0 Å². The lowest BCUT2D eigenvalue weighted by molar-refractivity contribution is -0.125. The second-order valence-corrected chi connectivity index (χ2v) is 3.48. The van der Waals surface area contributed by atoms with Gasteiger partial charge in [-0.25, -0.2) is 5.84 Å². The van der Waals surface area contributed by atoms with Gasteiger partial charge in [-0.3, -0.25) is 10.2 Å². The molecule has 0 aromatic carbocycles. The Morgan fingerprint density at radius 2 is 2.08 bits per heavy atom. The zero-order valence-corrected chi connectivity index (χ0v) is 8.45. The van der Waals surface area contributed by atoms with Gasteiger partial charge >= 0.3 is 0 Å². The molecule has 0 rings (SSSR count). The van der Waals surface area contributed by atoms with Gasteiger partial charge in [-0.2, -0.15) is 0 Å². The van der Waals surface area contributed by atoms with Gasteiger partial charge in [0.1, 0.15) is 0 Å². The topological polar surface area (TPSA) is 78.6 Å². The first-order valence-corrected chi connectivity index (χ1v) is 4.34. The van der Waals surface area contributed by atoms with E-state index >= 15 is 0 Å². The Balaban J connectivity index is 3.77. The number of hydrogen-bond donors (Lipinski definition) is 3. The molecule has 0 fully saturated rings. The van der Waals surface area contributed by atoms with Gasteiger partial charge in [0, 0.05) is 19.0 Å².